The van der Waals surface area contributed by atoms with E-state index in [1.165, 1.54) is 22.3 Å². The summed E-state index contributed by atoms with van der Waals surface area (Å²) in [6, 6.07) is 0. The first-order valence-electron chi connectivity index (χ1n) is 17.6. The molecule has 2 aliphatic rings. The number of nitrogens with zero attached hydrogens (tertiary/aromatic N) is 1. The second-order valence-corrected chi connectivity index (χ2v) is 12.3. The highest BCUT2D eigenvalue weighted by atomic mass is 16.2. The van der Waals surface area contributed by atoms with Gasteiger partial charge in [0.1, 0.15) is 0 Å². The molecule has 4 heterocycles. The van der Waals surface area contributed by atoms with Gasteiger partial charge < -0.3 is 15.3 Å². The van der Waals surface area contributed by atoms with Crippen LogP contribution in [0, 0.1) is 0 Å². The molecule has 0 atom stereocenters. The first kappa shape index (κ1) is 34.2. The first-order chi connectivity index (χ1) is 21.8. The van der Waals surface area contributed by atoms with Crippen molar-refractivity contribution in [1.82, 2.24) is 15.3 Å². The van der Waals surface area contributed by atoms with Gasteiger partial charge in [-0.05, 0) is 103 Å². The van der Waals surface area contributed by atoms with Crippen molar-refractivity contribution in [3.8, 4) is 0 Å². The van der Waals surface area contributed by atoms with Gasteiger partial charge in [-0.3, -0.25) is 9.59 Å². The smallest absolute Gasteiger partial charge is 0.273 e. The summed E-state index contributed by atoms with van der Waals surface area (Å²) < 4.78 is 0. The summed E-state index contributed by atoms with van der Waals surface area (Å²) in [6.45, 7) is 17.3. The summed E-state index contributed by atoms with van der Waals surface area (Å²) in [5, 5.41) is 5.35. The maximum atomic E-state index is 12.8. The predicted molar refractivity (Wildman–Crippen MR) is 189 cm³/mol. The molecule has 6 heteroatoms. The predicted octanol–water partition coefficient (Wildman–Crippen LogP) is 7.45. The number of H-pyrrole nitrogens is 2. The third-order valence-corrected chi connectivity index (χ3v) is 9.21. The van der Waals surface area contributed by atoms with E-state index in [0.717, 1.165) is 126 Å². The first-order valence-corrected chi connectivity index (χ1v) is 17.6. The number of rotatable bonds is 15. The Labute approximate surface area is 270 Å². The molecule has 0 unspecified atom stereocenters. The molecule has 4 rings (SSSR count). The van der Waals surface area contributed by atoms with Gasteiger partial charge >= 0.3 is 0 Å². The SMILES string of the molecule is CCCC1=C(CC)C(=O)N=C1C=c1[nH]c(=Cc2[nH]c(/C=C3\NC(=O)C(CCC)=C3CC)c(CC)c2CCC)c(CCC)c1CC. The summed E-state index contributed by atoms with van der Waals surface area (Å²) in [5.41, 5.74) is 13.3. The van der Waals surface area contributed by atoms with Crippen molar-refractivity contribution in [1.29, 1.82) is 0 Å². The number of allylic oxidation sites excluding steroid dienone is 2. The van der Waals surface area contributed by atoms with E-state index in [0.29, 0.717) is 6.42 Å². The Hall–Kier alpha value is -3.67. The van der Waals surface area contributed by atoms with E-state index in [1.54, 1.807) is 0 Å². The molecule has 0 saturated carbocycles. The minimum Gasteiger partial charge on any atom is -0.355 e. The average molecular weight is 611 g/mol. The van der Waals surface area contributed by atoms with E-state index in [2.05, 4.69) is 87.0 Å². The zero-order valence-corrected chi connectivity index (χ0v) is 29.0. The molecule has 3 N–H and O–H groups in total. The lowest BCUT2D eigenvalue weighted by Crippen LogP contribution is -2.16. The van der Waals surface area contributed by atoms with Crippen LogP contribution in [0.3, 0.4) is 0 Å². The standard InChI is InChI=1S/C39H54N4O2/c1-9-17-28-24(13-5)32(21-34-26(15-7)31(20-12-4)39(45)42-34)40-35(28)23-36-29(18-10-2)25(14-6)33(41-36)22-37-30(19-11-3)27(16-8)38(44)43-37/h21-23,40-41H,9-20H2,1-8H3,(H,42,45)/b33-22?,34-21-,36-23?. The Bertz CT molecular complexity index is 1690. The van der Waals surface area contributed by atoms with Gasteiger partial charge in [-0.25, -0.2) is 4.99 Å². The molecule has 0 bridgehead atoms. The van der Waals surface area contributed by atoms with E-state index in [-0.39, 0.29) is 11.8 Å². The Morgan fingerprint density at radius 1 is 0.533 bits per heavy atom. The summed E-state index contributed by atoms with van der Waals surface area (Å²) in [4.78, 5) is 37.6. The molecule has 2 aliphatic heterocycles. The van der Waals surface area contributed by atoms with Crippen LogP contribution in [0.25, 0.3) is 18.2 Å². The van der Waals surface area contributed by atoms with Gasteiger partial charge in [0.2, 0.25) is 0 Å². The summed E-state index contributed by atoms with van der Waals surface area (Å²) in [7, 11) is 0. The molecule has 2 aromatic rings. The molecule has 0 radical (unpaired) electrons. The molecule has 0 spiro atoms. The zero-order chi connectivity index (χ0) is 32.7. The third-order valence-electron chi connectivity index (χ3n) is 9.21. The number of carbonyl (C=O) groups excluding carboxylic acids is 2. The fourth-order valence-corrected chi connectivity index (χ4v) is 7.19. The van der Waals surface area contributed by atoms with Crippen LogP contribution in [0.5, 0.6) is 0 Å². The molecule has 2 aromatic heterocycles. The number of hydrogen-bond donors (Lipinski definition) is 3. The molecule has 45 heavy (non-hydrogen) atoms. The van der Waals surface area contributed by atoms with Gasteiger partial charge in [-0.1, -0.05) is 81.1 Å². The second kappa shape index (κ2) is 15.6. The maximum absolute atomic E-state index is 12.8. The molecule has 2 amide bonds. The number of hydrogen-bond acceptors (Lipinski definition) is 2. The summed E-state index contributed by atoms with van der Waals surface area (Å²) >= 11 is 0. The topological polar surface area (TPSA) is 90.1 Å². The maximum Gasteiger partial charge on any atom is 0.273 e. The quantitative estimate of drug-likeness (QED) is 0.196. The lowest BCUT2D eigenvalue weighted by atomic mass is 9.98. The average Bonchev–Trinajstić information content (AvgIpc) is 3.71. The van der Waals surface area contributed by atoms with Gasteiger partial charge in [0.05, 0.1) is 5.71 Å². The summed E-state index contributed by atoms with van der Waals surface area (Å²) in [5.74, 6) is -0.0313. The Morgan fingerprint density at radius 3 is 1.71 bits per heavy atom. The molecule has 6 nitrogen and oxygen atoms in total. The lowest BCUT2D eigenvalue weighted by molar-refractivity contribution is -0.116. The van der Waals surface area contributed by atoms with Crippen LogP contribution in [-0.2, 0) is 35.3 Å². The van der Waals surface area contributed by atoms with Crippen LogP contribution in [-0.4, -0.2) is 27.5 Å². The monoisotopic (exact) mass is 610 g/mol. The van der Waals surface area contributed by atoms with Gasteiger partial charge in [0.25, 0.3) is 11.8 Å². The van der Waals surface area contributed by atoms with Crippen molar-refractivity contribution < 1.29 is 9.59 Å². The fraction of sp³-hybridized carbons (Fsp3) is 0.513. The van der Waals surface area contributed by atoms with E-state index in [4.69, 9.17) is 0 Å². The largest absolute Gasteiger partial charge is 0.355 e. The second-order valence-electron chi connectivity index (χ2n) is 12.3. The summed E-state index contributed by atoms with van der Waals surface area (Å²) in [6.07, 6.45) is 17.6. The van der Waals surface area contributed by atoms with Crippen LogP contribution in [0.15, 0.2) is 33.0 Å². The van der Waals surface area contributed by atoms with Crippen LogP contribution in [0.1, 0.15) is 140 Å². The highest BCUT2D eigenvalue weighted by molar-refractivity contribution is 6.31. The highest BCUT2D eigenvalue weighted by Gasteiger charge is 2.26. The minimum absolute atomic E-state index is 0.0492. The van der Waals surface area contributed by atoms with E-state index in [9.17, 15) is 9.59 Å². The van der Waals surface area contributed by atoms with Crippen molar-refractivity contribution in [2.75, 3.05) is 0 Å². The number of amides is 2. The molecule has 0 aromatic carbocycles. The van der Waals surface area contributed by atoms with Crippen molar-refractivity contribution >= 4 is 35.8 Å². The number of carbonyl (C=O) groups is 2. The molecule has 0 saturated heterocycles. The van der Waals surface area contributed by atoms with Crippen LogP contribution in [0.4, 0.5) is 0 Å². The third kappa shape index (κ3) is 6.95. The van der Waals surface area contributed by atoms with Crippen molar-refractivity contribution in [3.05, 3.63) is 72.3 Å². The number of aliphatic imine (C=N–C) groups is 1. The molecular weight excluding hydrogens is 556 g/mol. The molecule has 0 fully saturated rings. The number of aromatic amines is 2. The molecule has 242 valence electrons. The molecule has 0 aliphatic carbocycles. The Kier molecular flexibility index (Phi) is 11.8. The fourth-order valence-electron chi connectivity index (χ4n) is 7.19. The highest BCUT2D eigenvalue weighted by Crippen LogP contribution is 2.31. The number of nitrogens with one attached hydrogen (secondary N) is 3. The van der Waals surface area contributed by atoms with Crippen LogP contribution >= 0.6 is 0 Å². The minimum atomic E-state index is -0.0805. The van der Waals surface area contributed by atoms with E-state index >= 15 is 0 Å². The van der Waals surface area contributed by atoms with Crippen molar-refractivity contribution in [3.63, 3.8) is 0 Å². The van der Waals surface area contributed by atoms with Gasteiger partial charge in [-0.15, -0.1) is 0 Å². The van der Waals surface area contributed by atoms with E-state index in [1.807, 2.05) is 6.92 Å². The van der Waals surface area contributed by atoms with Gasteiger partial charge in [-0.2, -0.15) is 0 Å². The van der Waals surface area contributed by atoms with Crippen molar-refractivity contribution in [2.24, 2.45) is 4.99 Å². The Morgan fingerprint density at radius 2 is 1.11 bits per heavy atom. The zero-order valence-electron chi connectivity index (χ0n) is 29.0. The lowest BCUT2D eigenvalue weighted by Gasteiger charge is -2.05. The van der Waals surface area contributed by atoms with Gasteiger partial charge in [0, 0.05) is 38.9 Å². The van der Waals surface area contributed by atoms with Crippen molar-refractivity contribution in [2.45, 2.75) is 132 Å². The van der Waals surface area contributed by atoms with Crippen LogP contribution in [0.2, 0.25) is 0 Å². The normalized spacial score (nSPS) is 17.2. The van der Waals surface area contributed by atoms with E-state index < -0.39 is 0 Å². The molecular formula is C39H54N4O2. The van der Waals surface area contributed by atoms with Gasteiger partial charge in [0.15, 0.2) is 0 Å². The number of aromatic nitrogens is 2. The van der Waals surface area contributed by atoms with Crippen LogP contribution < -0.4 is 16.0 Å². The Balaban J connectivity index is 1.92.